The van der Waals surface area contributed by atoms with Crippen molar-refractivity contribution < 1.29 is 8.81 Å². The summed E-state index contributed by atoms with van der Waals surface area (Å²) in [5, 5.41) is 0. The zero-order valence-corrected chi connectivity index (χ0v) is 4.97. The molecule has 0 amide bonds. The van der Waals surface area contributed by atoms with Gasteiger partial charge in [0.15, 0.2) is 11.4 Å². The van der Waals surface area contributed by atoms with Crippen molar-refractivity contribution >= 4 is 11.1 Å². The number of aromatic nitrogens is 1. The maximum Gasteiger partial charge on any atom is 0.284 e. The molecule has 0 N–H and O–H groups in total. The molecule has 0 aliphatic rings. The van der Waals surface area contributed by atoms with Gasteiger partial charge in [0, 0.05) is 0 Å². The van der Waals surface area contributed by atoms with E-state index in [0.717, 1.165) is 0 Å². The molecule has 1 aromatic carbocycles. The minimum absolute atomic E-state index is 0.169. The fourth-order valence-electron chi connectivity index (χ4n) is 0.804. The third kappa shape index (κ3) is 0.603. The molecule has 49 valence electrons. The molecule has 1 heterocycles. The second-order valence-electron chi connectivity index (χ2n) is 1.89. The molecule has 1 radical (unpaired) electrons. The number of benzene rings is 1. The van der Waals surface area contributed by atoms with Crippen LogP contribution in [-0.4, -0.2) is 4.98 Å². The van der Waals surface area contributed by atoms with Gasteiger partial charge in [0.05, 0.1) is 0 Å². The predicted octanol–water partition coefficient (Wildman–Crippen LogP) is 1.77. The Kier molecular flexibility index (Phi) is 0.974. The third-order valence-corrected chi connectivity index (χ3v) is 1.26. The van der Waals surface area contributed by atoms with E-state index in [0.29, 0.717) is 5.52 Å². The molecule has 0 unspecified atom stereocenters. The Labute approximate surface area is 56.3 Å². The fraction of sp³-hybridized carbons (Fsp3) is 0. The number of para-hydroxylation sites is 1. The number of rotatable bonds is 0. The molecule has 2 rings (SSSR count). The van der Waals surface area contributed by atoms with Crippen molar-refractivity contribution in [3.63, 3.8) is 0 Å². The van der Waals surface area contributed by atoms with Gasteiger partial charge in [0.25, 0.3) is 6.39 Å². The van der Waals surface area contributed by atoms with Crippen LogP contribution in [0.2, 0.25) is 0 Å². The minimum Gasteiger partial charge on any atom is -0.429 e. The molecular formula is C7H3FNO. The maximum atomic E-state index is 12.7. The highest BCUT2D eigenvalue weighted by atomic mass is 19.1. The molecule has 0 atom stereocenters. The number of oxazole rings is 1. The molecule has 2 aromatic rings. The van der Waals surface area contributed by atoms with Crippen molar-refractivity contribution in [1.82, 2.24) is 4.98 Å². The second kappa shape index (κ2) is 1.80. The van der Waals surface area contributed by atoms with E-state index in [2.05, 4.69) is 15.8 Å². The number of hydrogen-bond acceptors (Lipinski definition) is 2. The third-order valence-electron chi connectivity index (χ3n) is 1.26. The lowest BCUT2D eigenvalue weighted by Gasteiger charge is -1.85. The lowest BCUT2D eigenvalue weighted by Crippen LogP contribution is -1.72. The van der Waals surface area contributed by atoms with Crippen molar-refractivity contribution in [2.24, 2.45) is 0 Å². The highest BCUT2D eigenvalue weighted by Crippen LogP contribution is 2.14. The van der Waals surface area contributed by atoms with Gasteiger partial charge < -0.3 is 4.42 Å². The van der Waals surface area contributed by atoms with Crippen LogP contribution < -0.4 is 0 Å². The van der Waals surface area contributed by atoms with Gasteiger partial charge in [-0.15, -0.1) is 0 Å². The molecule has 0 aliphatic carbocycles. The van der Waals surface area contributed by atoms with Crippen molar-refractivity contribution in [3.8, 4) is 0 Å². The van der Waals surface area contributed by atoms with Crippen molar-refractivity contribution in [2.45, 2.75) is 0 Å². The zero-order chi connectivity index (χ0) is 6.97. The van der Waals surface area contributed by atoms with Gasteiger partial charge in [0.1, 0.15) is 5.52 Å². The van der Waals surface area contributed by atoms with Crippen molar-refractivity contribution in [1.29, 1.82) is 0 Å². The minimum atomic E-state index is -0.397. The number of hydrogen-bond donors (Lipinski definition) is 0. The normalized spacial score (nSPS) is 10.5. The van der Waals surface area contributed by atoms with Crippen LogP contribution in [0.3, 0.4) is 0 Å². The molecule has 0 fully saturated rings. The maximum absolute atomic E-state index is 12.7. The molecule has 2 nitrogen and oxygen atoms in total. The van der Waals surface area contributed by atoms with Gasteiger partial charge in [0.2, 0.25) is 0 Å². The van der Waals surface area contributed by atoms with Crippen LogP contribution in [0, 0.1) is 12.2 Å². The summed E-state index contributed by atoms with van der Waals surface area (Å²) >= 11 is 0. The van der Waals surface area contributed by atoms with E-state index in [-0.39, 0.29) is 5.58 Å². The van der Waals surface area contributed by atoms with E-state index in [1.807, 2.05) is 0 Å². The van der Waals surface area contributed by atoms with Crippen LogP contribution in [0.1, 0.15) is 0 Å². The first-order valence-corrected chi connectivity index (χ1v) is 2.79. The predicted molar refractivity (Wildman–Crippen MR) is 32.8 cm³/mol. The first kappa shape index (κ1) is 5.41. The van der Waals surface area contributed by atoms with Gasteiger partial charge in [-0.2, -0.15) is 0 Å². The molecular weight excluding hydrogens is 133 g/mol. The molecule has 0 spiro atoms. The Balaban J connectivity index is 2.95. The van der Waals surface area contributed by atoms with Crippen LogP contribution in [0.25, 0.3) is 11.1 Å². The zero-order valence-electron chi connectivity index (χ0n) is 4.97. The first-order valence-electron chi connectivity index (χ1n) is 2.79. The summed E-state index contributed by atoms with van der Waals surface area (Å²) in [7, 11) is 0. The van der Waals surface area contributed by atoms with E-state index in [9.17, 15) is 4.39 Å². The molecule has 10 heavy (non-hydrogen) atoms. The van der Waals surface area contributed by atoms with Gasteiger partial charge >= 0.3 is 0 Å². The Hall–Kier alpha value is -1.38. The Morgan fingerprint density at radius 3 is 3.20 bits per heavy atom. The SMILES string of the molecule is Fc1cccc2n[c]oc12. The molecule has 1 aromatic heterocycles. The van der Waals surface area contributed by atoms with E-state index < -0.39 is 5.82 Å². The molecule has 0 saturated heterocycles. The summed E-state index contributed by atoms with van der Waals surface area (Å²) in [5.41, 5.74) is 0.669. The monoisotopic (exact) mass is 136 g/mol. The van der Waals surface area contributed by atoms with E-state index in [1.54, 1.807) is 12.1 Å². The first-order chi connectivity index (χ1) is 4.88. The standard InChI is InChI=1S/C7H3FNO/c8-5-2-1-3-6-7(5)10-4-9-6/h1-3H. The van der Waals surface area contributed by atoms with Gasteiger partial charge in [-0.25, -0.2) is 9.37 Å². The van der Waals surface area contributed by atoms with Gasteiger partial charge in [-0.1, -0.05) is 6.07 Å². The Bertz CT molecular complexity index is 355. The second-order valence-corrected chi connectivity index (χ2v) is 1.89. The summed E-state index contributed by atoms with van der Waals surface area (Å²) in [5.74, 6) is -0.397. The number of fused-ring (bicyclic) bond motifs is 1. The summed E-state index contributed by atoms with van der Waals surface area (Å²) < 4.78 is 17.3. The molecule has 0 saturated carbocycles. The van der Waals surface area contributed by atoms with Crippen LogP contribution in [-0.2, 0) is 0 Å². The highest BCUT2D eigenvalue weighted by Gasteiger charge is 2.02. The van der Waals surface area contributed by atoms with Crippen LogP contribution in [0.4, 0.5) is 4.39 Å². The smallest absolute Gasteiger partial charge is 0.284 e. The summed E-state index contributed by atoms with van der Waals surface area (Å²) in [6.07, 6.45) is 2.21. The lowest BCUT2D eigenvalue weighted by molar-refractivity contribution is 0.547. The Morgan fingerprint density at radius 1 is 1.50 bits per heavy atom. The van der Waals surface area contributed by atoms with Gasteiger partial charge in [-0.3, -0.25) is 0 Å². The van der Waals surface area contributed by atoms with E-state index >= 15 is 0 Å². The van der Waals surface area contributed by atoms with Crippen LogP contribution in [0.15, 0.2) is 22.6 Å². The summed E-state index contributed by atoms with van der Waals surface area (Å²) in [6.45, 7) is 0. The Morgan fingerprint density at radius 2 is 2.40 bits per heavy atom. The molecule has 0 bridgehead atoms. The van der Waals surface area contributed by atoms with Crippen LogP contribution in [0.5, 0.6) is 0 Å². The van der Waals surface area contributed by atoms with E-state index in [4.69, 9.17) is 0 Å². The van der Waals surface area contributed by atoms with Crippen molar-refractivity contribution in [2.75, 3.05) is 0 Å². The quantitative estimate of drug-likeness (QED) is 0.551. The number of halogens is 1. The van der Waals surface area contributed by atoms with Gasteiger partial charge in [-0.05, 0) is 12.1 Å². The average molecular weight is 136 g/mol. The topological polar surface area (TPSA) is 26.0 Å². The van der Waals surface area contributed by atoms with E-state index in [1.165, 1.54) is 6.07 Å². The van der Waals surface area contributed by atoms with Crippen molar-refractivity contribution in [3.05, 3.63) is 30.4 Å². The number of nitrogens with zero attached hydrogens (tertiary/aromatic N) is 1. The summed E-state index contributed by atoms with van der Waals surface area (Å²) in [6, 6.07) is 4.56. The molecule has 3 heteroatoms. The fourth-order valence-corrected chi connectivity index (χ4v) is 0.804. The largest absolute Gasteiger partial charge is 0.429 e. The average Bonchev–Trinajstić information content (AvgIpc) is 2.36. The summed E-state index contributed by atoms with van der Waals surface area (Å²) in [4.78, 5) is 3.65. The van der Waals surface area contributed by atoms with Crippen LogP contribution >= 0.6 is 0 Å². The lowest BCUT2D eigenvalue weighted by atomic mass is 10.3. The molecule has 0 aliphatic heterocycles. The highest BCUT2D eigenvalue weighted by molar-refractivity contribution is 5.72.